The second kappa shape index (κ2) is 8.07. The first-order valence-electron chi connectivity index (χ1n) is 2.41. The third-order valence-corrected chi connectivity index (χ3v) is 0.892. The molecule has 51 valence electrons. The normalized spacial score (nSPS) is 7.30. The molecule has 3 heteroatoms. The number of aliphatic hydroxyl groups excluding tert-OH is 1. The van der Waals surface area contributed by atoms with Crippen LogP contribution in [0.3, 0.4) is 0 Å². The van der Waals surface area contributed by atoms with E-state index in [1.807, 2.05) is 0 Å². The maximum Gasteiger partial charge on any atom is 0.0253 e. The Kier molecular flexibility index (Phi) is 10.9. The van der Waals surface area contributed by atoms with E-state index in [9.17, 15) is 0 Å². The van der Waals surface area contributed by atoms with Gasteiger partial charge >= 0.3 is 0 Å². The number of aliphatic hydroxyl groups is 1. The molecule has 0 fully saturated rings. The van der Waals surface area contributed by atoms with Crippen molar-refractivity contribution in [3.63, 3.8) is 0 Å². The molecule has 0 atom stereocenters. The molecule has 1 nitrogen and oxygen atoms in total. The van der Waals surface area contributed by atoms with Gasteiger partial charge in [0.25, 0.3) is 0 Å². The molecule has 0 saturated heterocycles. The van der Waals surface area contributed by atoms with Crippen LogP contribution in [0.2, 0.25) is 0 Å². The zero-order chi connectivity index (χ0) is 5.82. The van der Waals surface area contributed by atoms with Gasteiger partial charge in [-0.3, -0.25) is 17.7 Å². The molecule has 1 N–H and O–H groups in total. The molecule has 0 spiro atoms. The summed E-state index contributed by atoms with van der Waals surface area (Å²) in [6, 6.07) is 10.8. The quantitative estimate of drug-likeness (QED) is 0.716. The summed E-state index contributed by atoms with van der Waals surface area (Å²) in [5.74, 6) is 0. The van der Waals surface area contributed by atoms with E-state index in [1.54, 1.807) is 18.2 Å². The summed E-state index contributed by atoms with van der Waals surface area (Å²) in [5.41, 5.74) is 0.809. The molecule has 0 bridgehead atoms. The van der Waals surface area contributed by atoms with Crippen LogP contribution < -0.4 is 0 Å². The summed E-state index contributed by atoms with van der Waals surface area (Å²) in [4.78, 5) is 0. The van der Waals surface area contributed by atoms with Gasteiger partial charge in [0.1, 0.15) is 0 Å². The van der Waals surface area contributed by atoms with Crippen LogP contribution in [-0.4, -0.2) is 5.11 Å². The number of hydrogen-bond acceptors (Lipinski definition) is 1. The van der Waals surface area contributed by atoms with E-state index in [0.717, 1.165) is 5.56 Å². The van der Waals surface area contributed by atoms with Gasteiger partial charge in [0.2, 0.25) is 0 Å². The topological polar surface area (TPSA) is 20.2 Å². The minimum atomic E-state index is 0. The largest absolute Gasteiger partial charge is 0.396 e. The van der Waals surface area contributed by atoms with Crippen LogP contribution >= 0.6 is 0 Å². The molecule has 10 heavy (non-hydrogen) atoms. The molecule has 1 aromatic rings. The minimum absolute atomic E-state index is 0. The van der Waals surface area contributed by atoms with Crippen LogP contribution in [0.4, 0.5) is 0 Å². The van der Waals surface area contributed by atoms with E-state index < -0.39 is 0 Å². The van der Waals surface area contributed by atoms with E-state index in [-0.39, 0.29) is 60.4 Å². The summed E-state index contributed by atoms with van der Waals surface area (Å²) in [7, 11) is 0. The molecule has 1 radical (unpaired) electrons. The minimum Gasteiger partial charge on any atom is -0.396 e. The van der Waals surface area contributed by atoms with Gasteiger partial charge in [-0.25, -0.2) is 0 Å². The van der Waals surface area contributed by atoms with Gasteiger partial charge in [0.05, 0.1) is 0 Å². The zero-order valence-corrected chi connectivity index (χ0v) is 11.1. The van der Waals surface area contributed by atoms with E-state index in [0.29, 0.717) is 0 Å². The standard InChI is InChI=1S/C7H6O.W.Y/c8-6-7-4-2-1-3-5-7;;/h2-4,8H,6H2;;/q-2;;. The molecule has 1 aromatic carbocycles. The first-order chi connectivity index (χ1) is 3.93. The second-order valence-corrected chi connectivity index (χ2v) is 1.47. The van der Waals surface area contributed by atoms with Crippen LogP contribution in [0.5, 0.6) is 0 Å². The fourth-order valence-corrected chi connectivity index (χ4v) is 0.478. The Labute approximate surface area is 100 Å². The first-order valence-corrected chi connectivity index (χ1v) is 2.41. The van der Waals surface area contributed by atoms with Gasteiger partial charge in [-0.15, -0.1) is 0 Å². The summed E-state index contributed by atoms with van der Waals surface area (Å²) >= 11 is 0. The van der Waals surface area contributed by atoms with Crippen LogP contribution in [0.15, 0.2) is 18.2 Å². The molecule has 0 aromatic heterocycles. The van der Waals surface area contributed by atoms with Crippen LogP contribution in [-0.2, 0) is 60.4 Å². The van der Waals surface area contributed by atoms with Gasteiger partial charge < -0.3 is 23.3 Å². The molecule has 0 heterocycles. The Morgan fingerprint density at radius 1 is 1.50 bits per heavy atom. The number of benzene rings is 1. The van der Waals surface area contributed by atoms with Gasteiger partial charge in [-0.05, 0) is 0 Å². The monoisotopic (exact) mass is 379 g/mol. The van der Waals surface area contributed by atoms with E-state index in [1.165, 1.54) is 0 Å². The van der Waals surface area contributed by atoms with Crippen LogP contribution in [0, 0.1) is 12.1 Å². The van der Waals surface area contributed by atoms with Gasteiger partial charge in [0, 0.05) is 60.4 Å². The van der Waals surface area contributed by atoms with Crippen molar-refractivity contribution in [3.05, 3.63) is 35.9 Å². The van der Waals surface area contributed by atoms with Crippen molar-refractivity contribution in [2.75, 3.05) is 0 Å². The molecule has 1 rings (SSSR count). The fourth-order valence-electron chi connectivity index (χ4n) is 0.478. The molecule has 0 aliphatic carbocycles. The van der Waals surface area contributed by atoms with Crippen molar-refractivity contribution in [2.45, 2.75) is 6.61 Å². The summed E-state index contributed by atoms with van der Waals surface area (Å²) in [5, 5.41) is 8.49. The molecule has 0 amide bonds. The third kappa shape index (κ3) is 4.74. The SMILES string of the molecule is OCc1[c-]c[c-]cc1.[W].[Y]. The average Bonchev–Trinajstić information content (AvgIpc) is 1.90. The van der Waals surface area contributed by atoms with Gasteiger partial charge in [0.15, 0.2) is 0 Å². The van der Waals surface area contributed by atoms with E-state index in [4.69, 9.17) is 5.11 Å². The Bertz CT molecular complexity index is 155. The van der Waals surface area contributed by atoms with E-state index >= 15 is 0 Å². The first kappa shape index (κ1) is 13.6. The van der Waals surface area contributed by atoms with Crippen LogP contribution in [0.1, 0.15) is 5.56 Å². The Morgan fingerprint density at radius 3 is 2.50 bits per heavy atom. The summed E-state index contributed by atoms with van der Waals surface area (Å²) in [6.45, 7) is 0.0642. The molecular formula is C7H6OWY-2. The van der Waals surface area contributed by atoms with E-state index in [2.05, 4.69) is 12.1 Å². The Balaban J connectivity index is 0. The second-order valence-electron chi connectivity index (χ2n) is 1.47. The predicted molar refractivity (Wildman–Crippen MR) is 30.0 cm³/mol. The van der Waals surface area contributed by atoms with Crippen molar-refractivity contribution in [2.24, 2.45) is 0 Å². The maximum atomic E-state index is 8.49. The van der Waals surface area contributed by atoms with Crippen LogP contribution in [0.25, 0.3) is 0 Å². The molecule has 0 aliphatic rings. The molecular weight excluding hydrogens is 373 g/mol. The van der Waals surface area contributed by atoms with Gasteiger partial charge in [-0.1, -0.05) is 0 Å². The van der Waals surface area contributed by atoms with Crippen molar-refractivity contribution in [1.82, 2.24) is 0 Å². The van der Waals surface area contributed by atoms with Crippen molar-refractivity contribution >= 4 is 0 Å². The zero-order valence-electron chi connectivity index (χ0n) is 5.37. The molecule has 0 unspecified atom stereocenters. The summed E-state index contributed by atoms with van der Waals surface area (Å²) < 4.78 is 0. The Morgan fingerprint density at radius 2 is 2.20 bits per heavy atom. The van der Waals surface area contributed by atoms with Crippen molar-refractivity contribution in [3.8, 4) is 0 Å². The third-order valence-electron chi connectivity index (χ3n) is 0.892. The predicted octanol–water partition coefficient (Wildman–Crippen LogP) is 0.774. The molecule has 0 saturated carbocycles. The fraction of sp³-hybridized carbons (Fsp3) is 0.143. The maximum absolute atomic E-state index is 8.49. The van der Waals surface area contributed by atoms with Gasteiger partial charge in [-0.2, -0.15) is 0 Å². The smallest absolute Gasteiger partial charge is 0.0253 e. The number of rotatable bonds is 1. The average molecular weight is 379 g/mol. The number of hydrogen-bond donors (Lipinski definition) is 1. The Hall–Kier alpha value is 0.972. The van der Waals surface area contributed by atoms with Crippen molar-refractivity contribution < 1.29 is 58.9 Å². The molecule has 0 aliphatic heterocycles. The summed E-state index contributed by atoms with van der Waals surface area (Å²) in [6.07, 6.45) is 0. The van der Waals surface area contributed by atoms with Crippen molar-refractivity contribution in [1.29, 1.82) is 0 Å².